The van der Waals surface area contributed by atoms with E-state index in [9.17, 15) is 4.79 Å². The molecule has 0 spiro atoms. The van der Waals surface area contributed by atoms with Gasteiger partial charge in [-0.25, -0.2) is 9.78 Å². The highest BCUT2D eigenvalue weighted by atomic mass is 16.6. The lowest BCUT2D eigenvalue weighted by Crippen LogP contribution is -2.20. The smallest absolute Gasteiger partial charge is 0.391 e. The molecule has 1 aliphatic heterocycles. The quantitative estimate of drug-likeness (QED) is 0.466. The second-order valence-corrected chi connectivity index (χ2v) is 8.04. The van der Waals surface area contributed by atoms with Crippen LogP contribution in [0, 0.1) is 6.92 Å². The molecule has 1 N–H and O–H groups in total. The van der Waals surface area contributed by atoms with Crippen molar-refractivity contribution >= 4 is 28.4 Å². The van der Waals surface area contributed by atoms with Gasteiger partial charge in [0.25, 0.3) is 0 Å². The zero-order chi connectivity index (χ0) is 21.9. The number of hydrogen-bond donors (Lipinski definition) is 1. The van der Waals surface area contributed by atoms with Gasteiger partial charge in [0.1, 0.15) is 0 Å². The summed E-state index contributed by atoms with van der Waals surface area (Å²) >= 11 is 0. The predicted octanol–water partition coefficient (Wildman–Crippen LogP) is 5.54. The average Bonchev–Trinajstić information content (AvgIpc) is 3.30. The Kier molecular flexibility index (Phi) is 5.42. The van der Waals surface area contributed by atoms with E-state index in [1.165, 1.54) is 5.56 Å². The summed E-state index contributed by atoms with van der Waals surface area (Å²) in [5, 5.41) is 3.82. The van der Waals surface area contributed by atoms with Crippen molar-refractivity contribution in [2.75, 3.05) is 23.3 Å². The first kappa shape index (κ1) is 20.0. The van der Waals surface area contributed by atoms with Gasteiger partial charge in [-0.15, -0.1) is 0 Å². The number of hydrogen-bond acceptors (Lipinski definition) is 5. The zero-order valence-corrected chi connectivity index (χ0v) is 17.9. The molecule has 0 aliphatic carbocycles. The lowest BCUT2D eigenvalue weighted by atomic mass is 9.99. The number of fused-ring (bicyclic) bond motifs is 1. The number of aromatic nitrogens is 2. The number of rotatable bonds is 4. The molecule has 1 saturated heterocycles. The lowest BCUT2D eigenvalue weighted by molar-refractivity contribution is 0.213. The van der Waals surface area contributed by atoms with Gasteiger partial charge in [0, 0.05) is 53.7 Å². The molecule has 2 aromatic carbocycles. The third kappa shape index (κ3) is 4.25. The van der Waals surface area contributed by atoms with Gasteiger partial charge in [-0.2, -0.15) is 0 Å². The van der Waals surface area contributed by atoms with Gasteiger partial charge in [0.15, 0.2) is 0 Å². The van der Waals surface area contributed by atoms with Crippen LogP contribution in [0.1, 0.15) is 23.6 Å². The van der Waals surface area contributed by atoms with Crippen molar-refractivity contribution < 1.29 is 9.53 Å². The fraction of sp³-hybridized carbons (Fsp3) is 0.192. The van der Waals surface area contributed by atoms with E-state index in [1.807, 2.05) is 25.1 Å². The molecule has 1 amide bonds. The van der Waals surface area contributed by atoms with Gasteiger partial charge in [0.05, 0.1) is 5.52 Å². The van der Waals surface area contributed by atoms with Crippen LogP contribution in [0.3, 0.4) is 0 Å². The first-order valence-corrected chi connectivity index (χ1v) is 10.8. The largest absolute Gasteiger partial charge is 0.418 e. The number of nitrogens with zero attached hydrogens (tertiary/aromatic N) is 3. The van der Waals surface area contributed by atoms with Gasteiger partial charge in [0.2, 0.25) is 5.88 Å². The van der Waals surface area contributed by atoms with E-state index in [-0.39, 0.29) is 5.88 Å². The van der Waals surface area contributed by atoms with Crippen LogP contribution in [0.4, 0.5) is 16.2 Å². The van der Waals surface area contributed by atoms with Crippen LogP contribution in [-0.2, 0) is 0 Å². The number of anilines is 2. The highest BCUT2D eigenvalue weighted by Crippen LogP contribution is 2.35. The third-order valence-corrected chi connectivity index (χ3v) is 5.80. The van der Waals surface area contributed by atoms with Crippen molar-refractivity contribution in [1.29, 1.82) is 0 Å². The Bertz CT molecular complexity index is 1240. The lowest BCUT2D eigenvalue weighted by Gasteiger charge is -2.22. The summed E-state index contributed by atoms with van der Waals surface area (Å²) < 4.78 is 5.26. The minimum Gasteiger partial charge on any atom is -0.391 e. The molecule has 6 heteroatoms. The summed E-state index contributed by atoms with van der Waals surface area (Å²) in [4.78, 5) is 23.4. The van der Waals surface area contributed by atoms with Crippen molar-refractivity contribution in [2.45, 2.75) is 19.3 Å². The molecule has 2 aromatic heterocycles. The molecule has 3 heterocycles. The molecule has 0 saturated carbocycles. The van der Waals surface area contributed by atoms with Crippen LogP contribution in [0.25, 0.3) is 10.9 Å². The van der Waals surface area contributed by atoms with Crippen molar-refractivity contribution in [2.24, 2.45) is 0 Å². The van der Waals surface area contributed by atoms with Crippen molar-refractivity contribution in [3.05, 3.63) is 90.3 Å². The molecular weight excluding hydrogens is 400 g/mol. The average molecular weight is 425 g/mol. The number of ether oxygens (including phenoxy) is 1. The van der Waals surface area contributed by atoms with Crippen molar-refractivity contribution in [3.63, 3.8) is 0 Å². The number of aryl methyl sites for hydroxylation is 1. The Morgan fingerprint density at radius 3 is 2.72 bits per heavy atom. The molecule has 1 unspecified atom stereocenters. The Morgan fingerprint density at radius 1 is 1.06 bits per heavy atom. The van der Waals surface area contributed by atoms with Gasteiger partial charge in [-0.1, -0.05) is 36.4 Å². The number of carbonyl (C=O) groups excluding carboxylic acids is 1. The summed E-state index contributed by atoms with van der Waals surface area (Å²) in [6.07, 6.45) is 2.12. The molecule has 0 bridgehead atoms. The molecule has 1 fully saturated rings. The van der Waals surface area contributed by atoms with E-state index in [4.69, 9.17) is 9.72 Å². The van der Waals surface area contributed by atoms with Gasteiger partial charge in [-0.05, 0) is 49.2 Å². The summed E-state index contributed by atoms with van der Waals surface area (Å²) in [5.74, 6) is 0.766. The highest BCUT2D eigenvalue weighted by molar-refractivity contribution is 5.97. The highest BCUT2D eigenvalue weighted by Gasteiger charge is 2.25. The second-order valence-electron chi connectivity index (χ2n) is 8.04. The van der Waals surface area contributed by atoms with Gasteiger partial charge < -0.3 is 9.64 Å². The second kappa shape index (κ2) is 8.67. The van der Waals surface area contributed by atoms with Crippen LogP contribution >= 0.6 is 0 Å². The van der Waals surface area contributed by atoms with Gasteiger partial charge >= 0.3 is 6.09 Å². The minimum atomic E-state index is -0.574. The molecule has 160 valence electrons. The summed E-state index contributed by atoms with van der Waals surface area (Å²) in [6.45, 7) is 3.96. The minimum absolute atomic E-state index is 0.257. The Labute approximate surface area is 186 Å². The topological polar surface area (TPSA) is 67.4 Å². The Hall–Kier alpha value is -3.93. The summed E-state index contributed by atoms with van der Waals surface area (Å²) in [5.41, 5.74) is 5.07. The molecular formula is C26H24N4O2. The number of pyridine rings is 2. The van der Waals surface area contributed by atoms with Crippen molar-refractivity contribution in [1.82, 2.24) is 9.97 Å². The Balaban J connectivity index is 1.40. The fourth-order valence-electron chi connectivity index (χ4n) is 4.30. The standard InChI is InChI=1S/C26H24N4O2/c1-18-15-24(30-14-12-20(17-30)19-7-3-2-4-8-19)22-16-21(10-11-23(22)28-18)29-26(31)32-25-9-5-6-13-27-25/h2-11,13,15-16,20H,12,14,17H2,1H3,(H,29,31). The van der Waals surface area contributed by atoms with E-state index in [2.05, 4.69) is 51.6 Å². The Morgan fingerprint density at radius 2 is 1.91 bits per heavy atom. The number of carbonyl (C=O) groups is 1. The number of benzene rings is 2. The fourth-order valence-corrected chi connectivity index (χ4v) is 4.30. The van der Waals surface area contributed by atoms with Crippen LogP contribution < -0.4 is 15.0 Å². The monoisotopic (exact) mass is 424 g/mol. The van der Waals surface area contributed by atoms with Crippen LogP contribution in [0.5, 0.6) is 5.88 Å². The first-order chi connectivity index (χ1) is 15.7. The number of nitrogens with one attached hydrogen (secondary N) is 1. The van der Waals surface area contributed by atoms with E-state index in [0.29, 0.717) is 11.6 Å². The molecule has 1 atom stereocenters. The molecule has 6 nitrogen and oxygen atoms in total. The maximum absolute atomic E-state index is 12.3. The molecule has 5 rings (SSSR count). The van der Waals surface area contributed by atoms with E-state index in [1.54, 1.807) is 24.4 Å². The predicted molar refractivity (Wildman–Crippen MR) is 126 cm³/mol. The molecule has 1 aliphatic rings. The van der Waals surface area contributed by atoms with Crippen molar-refractivity contribution in [3.8, 4) is 5.88 Å². The van der Waals surface area contributed by atoms with Gasteiger partial charge in [-0.3, -0.25) is 10.3 Å². The third-order valence-electron chi connectivity index (χ3n) is 5.80. The van der Waals surface area contributed by atoms with Crippen LogP contribution in [0.15, 0.2) is 79.0 Å². The maximum atomic E-state index is 12.3. The van der Waals surface area contributed by atoms with E-state index >= 15 is 0 Å². The van der Waals surface area contributed by atoms with Crippen LogP contribution in [0.2, 0.25) is 0 Å². The van der Waals surface area contributed by atoms with Crippen LogP contribution in [-0.4, -0.2) is 29.2 Å². The maximum Gasteiger partial charge on any atom is 0.418 e. The van der Waals surface area contributed by atoms with E-state index < -0.39 is 6.09 Å². The summed E-state index contributed by atoms with van der Waals surface area (Å²) in [7, 11) is 0. The zero-order valence-electron chi connectivity index (χ0n) is 17.9. The SMILES string of the molecule is Cc1cc(N2CCC(c3ccccc3)C2)c2cc(NC(=O)Oc3ccccn3)ccc2n1. The summed E-state index contributed by atoms with van der Waals surface area (Å²) in [6, 6.07) is 23.7. The normalized spacial score (nSPS) is 15.7. The number of amides is 1. The van der Waals surface area contributed by atoms with E-state index in [0.717, 1.165) is 41.8 Å². The molecule has 32 heavy (non-hydrogen) atoms. The molecule has 4 aromatic rings. The molecule has 0 radical (unpaired) electrons. The first-order valence-electron chi connectivity index (χ1n) is 10.8.